The molecule has 1 heterocycles. The summed E-state index contributed by atoms with van der Waals surface area (Å²) >= 11 is 0. The number of aromatic nitrogens is 1. The second kappa shape index (κ2) is 8.92. The highest BCUT2D eigenvalue weighted by atomic mass is 16.5. The van der Waals surface area contributed by atoms with Crippen LogP contribution in [0.3, 0.4) is 0 Å². The number of fused-ring (bicyclic) bond motifs is 1. The molecular formula is C23H23N3O2. The molecule has 28 heavy (non-hydrogen) atoms. The number of hydrogen-bond acceptors (Lipinski definition) is 3. The summed E-state index contributed by atoms with van der Waals surface area (Å²) in [6, 6.07) is 17.4. The normalized spacial score (nSPS) is 11.1. The molecule has 0 aliphatic heterocycles. The molecule has 0 aliphatic rings. The molecule has 0 radical (unpaired) electrons. The largest absolute Gasteiger partial charge is 0.491 e. The third-order valence-electron chi connectivity index (χ3n) is 4.19. The number of nitrogens with one attached hydrogen (secondary N) is 1. The molecule has 1 N–H and O–H groups in total. The summed E-state index contributed by atoms with van der Waals surface area (Å²) in [4.78, 5) is 12.3. The highest BCUT2D eigenvalue weighted by molar-refractivity contribution is 6.03. The van der Waals surface area contributed by atoms with Crippen molar-refractivity contribution in [1.82, 2.24) is 4.57 Å². The van der Waals surface area contributed by atoms with E-state index in [4.69, 9.17) is 10.00 Å². The first-order valence-corrected chi connectivity index (χ1v) is 9.27. The highest BCUT2D eigenvalue weighted by Gasteiger charge is 2.06. The van der Waals surface area contributed by atoms with Gasteiger partial charge in [-0.15, -0.1) is 0 Å². The van der Waals surface area contributed by atoms with Crippen LogP contribution in [0.2, 0.25) is 0 Å². The van der Waals surface area contributed by atoms with E-state index in [0.717, 1.165) is 22.2 Å². The zero-order valence-electron chi connectivity index (χ0n) is 16.1. The predicted octanol–water partition coefficient (Wildman–Crippen LogP) is 4.99. The first-order valence-electron chi connectivity index (χ1n) is 9.27. The Morgan fingerprint density at radius 1 is 1.21 bits per heavy atom. The molecule has 5 nitrogen and oxygen atoms in total. The SMILES string of the molecule is CC(C)Oc1ccc(NC(=O)C=Cc2cn(CCC#N)c3ccccc23)cc1. The van der Waals surface area contributed by atoms with Gasteiger partial charge in [0.05, 0.1) is 18.6 Å². The number of anilines is 1. The van der Waals surface area contributed by atoms with Crippen molar-refractivity contribution in [2.24, 2.45) is 0 Å². The van der Waals surface area contributed by atoms with Crippen LogP contribution in [-0.4, -0.2) is 16.6 Å². The lowest BCUT2D eigenvalue weighted by atomic mass is 10.1. The summed E-state index contributed by atoms with van der Waals surface area (Å²) in [7, 11) is 0. The first kappa shape index (κ1) is 19.2. The number of rotatable bonds is 7. The van der Waals surface area contributed by atoms with Crippen LogP contribution < -0.4 is 10.1 Å². The van der Waals surface area contributed by atoms with Gasteiger partial charge >= 0.3 is 0 Å². The summed E-state index contributed by atoms with van der Waals surface area (Å²) in [5, 5.41) is 12.8. The number of aryl methyl sites for hydroxylation is 1. The van der Waals surface area contributed by atoms with Crippen molar-refractivity contribution in [1.29, 1.82) is 5.26 Å². The Morgan fingerprint density at radius 3 is 2.68 bits per heavy atom. The van der Waals surface area contributed by atoms with E-state index < -0.39 is 0 Å². The maximum atomic E-state index is 12.3. The predicted molar refractivity (Wildman–Crippen MR) is 112 cm³/mol. The van der Waals surface area contributed by atoms with Crippen LogP contribution >= 0.6 is 0 Å². The van der Waals surface area contributed by atoms with E-state index in [2.05, 4.69) is 11.4 Å². The third-order valence-corrected chi connectivity index (χ3v) is 4.19. The fourth-order valence-electron chi connectivity index (χ4n) is 3.00. The van der Waals surface area contributed by atoms with Crippen LogP contribution in [0.25, 0.3) is 17.0 Å². The molecule has 0 saturated carbocycles. The molecule has 0 aliphatic carbocycles. The Kier molecular flexibility index (Phi) is 6.13. The molecule has 2 aromatic carbocycles. The number of ether oxygens (including phenoxy) is 1. The van der Waals surface area contributed by atoms with Crippen LogP contribution in [0, 0.1) is 11.3 Å². The van der Waals surface area contributed by atoms with E-state index in [1.807, 2.05) is 73.1 Å². The molecule has 0 saturated heterocycles. The van der Waals surface area contributed by atoms with Gasteiger partial charge in [-0.3, -0.25) is 4.79 Å². The van der Waals surface area contributed by atoms with Gasteiger partial charge in [0.25, 0.3) is 0 Å². The number of amides is 1. The zero-order chi connectivity index (χ0) is 19.9. The van der Waals surface area contributed by atoms with Gasteiger partial charge in [0, 0.05) is 41.0 Å². The summed E-state index contributed by atoms with van der Waals surface area (Å²) in [6.45, 7) is 4.57. The molecule has 1 amide bonds. The Bertz CT molecular complexity index is 1020. The lowest BCUT2D eigenvalue weighted by Gasteiger charge is -2.10. The van der Waals surface area contributed by atoms with Crippen molar-refractivity contribution in [3.63, 3.8) is 0 Å². The molecule has 0 atom stereocenters. The topological polar surface area (TPSA) is 67.0 Å². The van der Waals surface area contributed by atoms with Crippen molar-refractivity contribution >= 4 is 28.6 Å². The maximum Gasteiger partial charge on any atom is 0.248 e. The van der Waals surface area contributed by atoms with E-state index in [9.17, 15) is 4.79 Å². The molecule has 0 unspecified atom stereocenters. The number of carbonyl (C=O) groups excluding carboxylic acids is 1. The fourth-order valence-corrected chi connectivity index (χ4v) is 3.00. The van der Waals surface area contributed by atoms with Crippen LogP contribution in [0.15, 0.2) is 60.8 Å². The van der Waals surface area contributed by atoms with Crippen LogP contribution in [-0.2, 0) is 11.3 Å². The molecule has 142 valence electrons. The quantitative estimate of drug-likeness (QED) is 0.593. The van der Waals surface area contributed by atoms with Crippen molar-refractivity contribution in [2.75, 3.05) is 5.32 Å². The lowest BCUT2D eigenvalue weighted by Crippen LogP contribution is -2.08. The molecule has 3 aromatic rings. The molecule has 3 rings (SSSR count). The van der Waals surface area contributed by atoms with Gasteiger partial charge in [-0.1, -0.05) is 18.2 Å². The van der Waals surface area contributed by atoms with E-state index in [-0.39, 0.29) is 12.0 Å². The first-order chi connectivity index (χ1) is 13.6. The number of para-hydroxylation sites is 1. The Labute approximate surface area is 164 Å². The van der Waals surface area contributed by atoms with Crippen LogP contribution in [0.1, 0.15) is 25.8 Å². The van der Waals surface area contributed by atoms with Crippen molar-refractivity contribution in [3.8, 4) is 11.8 Å². The lowest BCUT2D eigenvalue weighted by molar-refractivity contribution is -0.111. The number of benzene rings is 2. The monoisotopic (exact) mass is 373 g/mol. The molecule has 1 aromatic heterocycles. The third kappa shape index (κ3) is 4.80. The van der Waals surface area contributed by atoms with Gasteiger partial charge in [0.15, 0.2) is 0 Å². The molecule has 0 fully saturated rings. The van der Waals surface area contributed by atoms with Gasteiger partial charge in [-0.2, -0.15) is 5.26 Å². The Balaban J connectivity index is 1.71. The Morgan fingerprint density at radius 2 is 1.96 bits per heavy atom. The highest BCUT2D eigenvalue weighted by Crippen LogP contribution is 2.23. The zero-order valence-corrected chi connectivity index (χ0v) is 16.1. The van der Waals surface area contributed by atoms with Crippen LogP contribution in [0.4, 0.5) is 5.69 Å². The number of nitriles is 1. The van der Waals surface area contributed by atoms with Gasteiger partial charge in [0.1, 0.15) is 5.75 Å². The van der Waals surface area contributed by atoms with E-state index in [1.54, 1.807) is 6.08 Å². The van der Waals surface area contributed by atoms with Crippen molar-refractivity contribution < 1.29 is 9.53 Å². The summed E-state index contributed by atoms with van der Waals surface area (Å²) in [5.41, 5.74) is 2.71. The maximum absolute atomic E-state index is 12.3. The van der Waals surface area contributed by atoms with E-state index in [1.165, 1.54) is 6.08 Å². The average molecular weight is 373 g/mol. The van der Waals surface area contributed by atoms with E-state index in [0.29, 0.717) is 18.7 Å². The summed E-state index contributed by atoms with van der Waals surface area (Å²) in [6.07, 6.45) is 5.85. The van der Waals surface area contributed by atoms with Gasteiger partial charge in [-0.05, 0) is 50.3 Å². The minimum absolute atomic E-state index is 0.110. The summed E-state index contributed by atoms with van der Waals surface area (Å²) < 4.78 is 7.65. The number of hydrogen-bond donors (Lipinski definition) is 1. The van der Waals surface area contributed by atoms with Crippen molar-refractivity contribution in [3.05, 3.63) is 66.4 Å². The number of nitrogens with zero attached hydrogens (tertiary/aromatic N) is 2. The van der Waals surface area contributed by atoms with E-state index >= 15 is 0 Å². The smallest absolute Gasteiger partial charge is 0.248 e. The fraction of sp³-hybridized carbons (Fsp3) is 0.217. The standard InChI is InChI=1S/C23H23N3O2/c1-17(2)28-20-11-9-19(10-12-20)25-23(27)13-8-18-16-26(15-5-14-24)22-7-4-3-6-21(18)22/h3-4,6-13,16-17H,5,15H2,1-2H3,(H,25,27). The number of carbonyl (C=O) groups is 1. The summed E-state index contributed by atoms with van der Waals surface area (Å²) in [5.74, 6) is 0.570. The molecule has 5 heteroatoms. The second-order valence-electron chi connectivity index (χ2n) is 6.72. The minimum Gasteiger partial charge on any atom is -0.491 e. The Hall–Kier alpha value is -3.52. The van der Waals surface area contributed by atoms with Gasteiger partial charge in [0.2, 0.25) is 5.91 Å². The van der Waals surface area contributed by atoms with Crippen molar-refractivity contribution in [2.45, 2.75) is 32.9 Å². The van der Waals surface area contributed by atoms with Gasteiger partial charge < -0.3 is 14.6 Å². The molecule has 0 spiro atoms. The second-order valence-corrected chi connectivity index (χ2v) is 6.72. The average Bonchev–Trinajstić information content (AvgIpc) is 3.04. The molecular weight excluding hydrogens is 350 g/mol. The minimum atomic E-state index is -0.202. The van der Waals surface area contributed by atoms with Gasteiger partial charge in [-0.25, -0.2) is 0 Å². The molecule has 0 bridgehead atoms. The van der Waals surface area contributed by atoms with Crippen LogP contribution in [0.5, 0.6) is 5.75 Å².